The predicted octanol–water partition coefficient (Wildman–Crippen LogP) is 12.7. The minimum absolute atomic E-state index is 0.127. The average Bonchev–Trinajstić information content (AvgIpc) is 3.31. The van der Waals surface area contributed by atoms with Crippen LogP contribution in [0.1, 0.15) is 232 Å². The van der Waals surface area contributed by atoms with Crippen molar-refractivity contribution in [2.24, 2.45) is 0 Å². The number of allylic oxidation sites excluding steroid dienone is 8. The molecule has 4 N–H and O–H groups in total. The van der Waals surface area contributed by atoms with Gasteiger partial charge >= 0.3 is 11.9 Å². The Morgan fingerprint density at radius 3 is 1.37 bits per heavy atom. The number of ether oxygens (including phenoxy) is 4. The van der Waals surface area contributed by atoms with Gasteiger partial charge in [0.25, 0.3) is 10.1 Å². The number of hydrogen-bond acceptors (Lipinski definition) is 11. The Bertz CT molecular complexity index is 1430. The highest BCUT2D eigenvalue weighted by molar-refractivity contribution is 7.85. The first kappa shape index (κ1) is 63.6. The van der Waals surface area contributed by atoms with Crippen molar-refractivity contribution in [3.05, 3.63) is 48.6 Å². The molecule has 12 nitrogen and oxygen atoms in total. The van der Waals surface area contributed by atoms with Crippen LogP contribution in [-0.2, 0) is 38.7 Å². The molecule has 0 spiro atoms. The highest BCUT2D eigenvalue weighted by Gasteiger charge is 2.46. The zero-order chi connectivity index (χ0) is 49.8. The van der Waals surface area contributed by atoms with Gasteiger partial charge in [0.15, 0.2) is 12.4 Å². The van der Waals surface area contributed by atoms with Crippen molar-refractivity contribution in [2.75, 3.05) is 19.0 Å². The molecule has 6 atom stereocenters. The second-order valence-corrected chi connectivity index (χ2v) is 20.4. The molecule has 0 aromatic carbocycles. The van der Waals surface area contributed by atoms with E-state index in [0.29, 0.717) is 12.8 Å². The van der Waals surface area contributed by atoms with Crippen LogP contribution in [0.5, 0.6) is 0 Å². The second-order valence-electron chi connectivity index (χ2n) is 18.9. The zero-order valence-corrected chi connectivity index (χ0v) is 43.5. The molecule has 0 saturated carbocycles. The normalized spacial score (nSPS) is 19.5. The third-order valence-electron chi connectivity index (χ3n) is 12.4. The largest absolute Gasteiger partial charge is 0.462 e. The van der Waals surface area contributed by atoms with E-state index < -0.39 is 71.2 Å². The highest BCUT2D eigenvalue weighted by atomic mass is 32.2. The van der Waals surface area contributed by atoms with Crippen molar-refractivity contribution < 1.29 is 56.8 Å². The fourth-order valence-electron chi connectivity index (χ4n) is 8.20. The van der Waals surface area contributed by atoms with Crippen LogP contribution >= 0.6 is 0 Å². The van der Waals surface area contributed by atoms with Crippen molar-refractivity contribution in [2.45, 2.75) is 269 Å². The summed E-state index contributed by atoms with van der Waals surface area (Å²) < 4.78 is 54.3. The average molecular weight is 983 g/mol. The van der Waals surface area contributed by atoms with Crippen LogP contribution in [-0.4, -0.2) is 96.0 Å². The maximum Gasteiger partial charge on any atom is 0.306 e. The molecule has 0 aromatic rings. The Hall–Kier alpha value is -2.39. The number of unbranched alkanes of at least 4 members (excludes halogenated alkanes) is 26. The summed E-state index contributed by atoms with van der Waals surface area (Å²) in [5, 5.41) is 31.0. The second kappa shape index (κ2) is 44.5. The van der Waals surface area contributed by atoms with Crippen molar-refractivity contribution in [3.63, 3.8) is 0 Å². The molecule has 1 aliphatic heterocycles. The van der Waals surface area contributed by atoms with Gasteiger partial charge in [-0.2, -0.15) is 8.42 Å². The molecule has 396 valence electrons. The van der Waals surface area contributed by atoms with Crippen LogP contribution in [0.25, 0.3) is 0 Å². The Kier molecular flexibility index (Phi) is 41.7. The lowest BCUT2D eigenvalue weighted by molar-refractivity contribution is -0.297. The number of aliphatic hydroxyl groups excluding tert-OH is 3. The summed E-state index contributed by atoms with van der Waals surface area (Å²) in [6.45, 7) is 3.70. The van der Waals surface area contributed by atoms with Gasteiger partial charge in [-0.3, -0.25) is 14.1 Å². The quantitative estimate of drug-likeness (QED) is 0.0196. The first-order chi connectivity index (χ1) is 33.0. The van der Waals surface area contributed by atoms with Crippen LogP contribution in [0.2, 0.25) is 0 Å². The lowest BCUT2D eigenvalue weighted by Gasteiger charge is -2.40. The van der Waals surface area contributed by atoms with E-state index in [9.17, 15) is 37.9 Å². The van der Waals surface area contributed by atoms with Gasteiger partial charge in [0.2, 0.25) is 0 Å². The lowest BCUT2D eigenvalue weighted by Crippen LogP contribution is -2.60. The highest BCUT2D eigenvalue weighted by Crippen LogP contribution is 2.24. The minimum Gasteiger partial charge on any atom is -0.462 e. The monoisotopic (exact) mass is 983 g/mol. The molecule has 1 rings (SSSR count). The molecule has 68 heavy (non-hydrogen) atoms. The Morgan fingerprint density at radius 1 is 0.500 bits per heavy atom. The van der Waals surface area contributed by atoms with Crippen molar-refractivity contribution in [3.8, 4) is 0 Å². The maximum absolute atomic E-state index is 12.9. The van der Waals surface area contributed by atoms with E-state index in [1.807, 2.05) is 0 Å². The van der Waals surface area contributed by atoms with Crippen LogP contribution in [0.15, 0.2) is 48.6 Å². The fraction of sp³-hybridized carbons (Fsp3) is 0.818. The molecule has 1 heterocycles. The first-order valence-electron chi connectivity index (χ1n) is 27.2. The van der Waals surface area contributed by atoms with Gasteiger partial charge in [0.05, 0.1) is 6.61 Å². The molecule has 0 amide bonds. The summed E-state index contributed by atoms with van der Waals surface area (Å²) in [6, 6.07) is 0. The molecule has 1 aliphatic rings. The molecule has 0 aliphatic carbocycles. The van der Waals surface area contributed by atoms with E-state index in [4.69, 9.17) is 18.9 Å². The number of carbonyl (C=O) groups is 2. The fourth-order valence-corrected chi connectivity index (χ4v) is 8.89. The molecule has 13 heteroatoms. The number of hydrogen-bond donors (Lipinski definition) is 4. The van der Waals surface area contributed by atoms with Gasteiger partial charge in [0, 0.05) is 12.8 Å². The van der Waals surface area contributed by atoms with Gasteiger partial charge in [-0.15, -0.1) is 0 Å². The molecular weight excluding hydrogens is 885 g/mol. The summed E-state index contributed by atoms with van der Waals surface area (Å²) in [5.74, 6) is -2.02. The van der Waals surface area contributed by atoms with Crippen molar-refractivity contribution in [1.82, 2.24) is 0 Å². The number of carbonyl (C=O) groups excluding carboxylic acids is 2. The molecule has 1 saturated heterocycles. The molecule has 1 fully saturated rings. The summed E-state index contributed by atoms with van der Waals surface area (Å²) in [7, 11) is -4.61. The molecule has 0 aromatic heterocycles. The van der Waals surface area contributed by atoms with Gasteiger partial charge < -0.3 is 34.3 Å². The smallest absolute Gasteiger partial charge is 0.306 e. The van der Waals surface area contributed by atoms with Crippen molar-refractivity contribution >= 4 is 22.1 Å². The van der Waals surface area contributed by atoms with Crippen LogP contribution in [0.3, 0.4) is 0 Å². The van der Waals surface area contributed by atoms with Crippen molar-refractivity contribution in [1.29, 1.82) is 0 Å². The van der Waals surface area contributed by atoms with Crippen LogP contribution in [0, 0.1) is 0 Å². The number of esters is 2. The van der Waals surface area contributed by atoms with Gasteiger partial charge in [-0.1, -0.05) is 217 Å². The summed E-state index contributed by atoms with van der Waals surface area (Å²) in [6.07, 6.45) is 45.9. The third-order valence-corrected chi connectivity index (χ3v) is 13.1. The van der Waals surface area contributed by atoms with E-state index in [-0.39, 0.29) is 19.4 Å². The molecular formula is C55H98O12S. The Balaban J connectivity index is 2.34. The first-order valence-corrected chi connectivity index (χ1v) is 28.8. The lowest BCUT2D eigenvalue weighted by atomic mass is 10.00. The van der Waals surface area contributed by atoms with E-state index >= 15 is 0 Å². The Labute approximate surface area is 413 Å². The van der Waals surface area contributed by atoms with E-state index in [0.717, 1.165) is 64.2 Å². The molecule has 0 bridgehead atoms. The summed E-state index contributed by atoms with van der Waals surface area (Å²) >= 11 is 0. The van der Waals surface area contributed by atoms with E-state index in [2.05, 4.69) is 62.5 Å². The predicted molar refractivity (Wildman–Crippen MR) is 275 cm³/mol. The molecule has 0 radical (unpaired) electrons. The standard InChI is InChI=1S/C55H98O12S/c1-3-5-7-9-11-13-15-17-19-21-22-23-24-25-26-28-29-31-33-35-37-39-41-43-50(56)64-45-48(46-65-55-54(60)53(59)52(58)49(67-55)47-68(61,62)63)66-51(57)44-42-40-38-36-34-32-30-27-20-18-16-14-12-10-8-6-4-2/h8,10,14,16,20,27,32,34,48-49,52-55,58-60H,3-7,9,11-13,15,17-19,21-26,28-31,33,35-47H2,1-2H3,(H,61,62,63)/b10-8+,16-14+,27-20+,34-32+/t48-,49-,52-,53?,54?,55+/m1/s1. The van der Waals surface area contributed by atoms with E-state index in [1.54, 1.807) is 0 Å². The SMILES string of the molecule is CCC/C=C/C/C=C/C/C=C/C/C=C/CCCCCC(=O)O[C@H](COC(=O)CCCCCCCCCCCCCCCCCCCCCCCCC)CO[C@H]1O[C@H](CS(=O)(=O)O)[C@@H](O)C(O)C1O. The maximum atomic E-state index is 12.9. The summed E-state index contributed by atoms with van der Waals surface area (Å²) in [5.41, 5.74) is 0. The summed E-state index contributed by atoms with van der Waals surface area (Å²) in [4.78, 5) is 25.6. The third kappa shape index (κ3) is 38.4. The van der Waals surface area contributed by atoms with Gasteiger partial charge in [0.1, 0.15) is 36.8 Å². The van der Waals surface area contributed by atoms with Crippen LogP contribution < -0.4 is 0 Å². The van der Waals surface area contributed by atoms with Gasteiger partial charge in [-0.05, 0) is 51.4 Å². The van der Waals surface area contributed by atoms with Gasteiger partial charge in [-0.25, -0.2) is 0 Å². The molecule has 2 unspecified atom stereocenters. The minimum atomic E-state index is -4.61. The number of aliphatic hydroxyl groups is 3. The topological polar surface area (TPSA) is 186 Å². The van der Waals surface area contributed by atoms with E-state index in [1.165, 1.54) is 128 Å². The Morgan fingerprint density at radius 2 is 0.912 bits per heavy atom. The zero-order valence-electron chi connectivity index (χ0n) is 42.7. The number of rotatable bonds is 46. The van der Waals surface area contributed by atoms with Crippen LogP contribution in [0.4, 0.5) is 0 Å².